The normalized spacial score (nSPS) is 9.78. The summed E-state index contributed by atoms with van der Waals surface area (Å²) in [5.74, 6) is -0.921. The van der Waals surface area contributed by atoms with Crippen LogP contribution >= 0.6 is 0 Å². The lowest BCUT2D eigenvalue weighted by atomic mass is 10.1. The van der Waals surface area contributed by atoms with Crippen molar-refractivity contribution < 1.29 is 28.6 Å². The predicted octanol–water partition coefficient (Wildman–Crippen LogP) is 3.27. The van der Waals surface area contributed by atoms with Crippen LogP contribution in [0.15, 0.2) is 73.8 Å². The zero-order chi connectivity index (χ0) is 19.6. The fourth-order valence-electron chi connectivity index (χ4n) is 2.04. The van der Waals surface area contributed by atoms with Gasteiger partial charge in [0.2, 0.25) is 0 Å². The number of carbonyl (C=O) groups excluding carboxylic acids is 3. The van der Waals surface area contributed by atoms with Crippen LogP contribution in [0.2, 0.25) is 0 Å². The molecule has 0 saturated carbocycles. The Balaban J connectivity index is 1.90. The Bertz CT molecular complexity index is 834. The molecule has 2 rings (SSSR count). The third kappa shape index (κ3) is 6.28. The number of hydrogen-bond acceptors (Lipinski definition) is 6. The lowest BCUT2D eigenvalue weighted by Gasteiger charge is -2.07. The Hall–Kier alpha value is -3.67. The van der Waals surface area contributed by atoms with E-state index in [4.69, 9.17) is 14.2 Å². The fourth-order valence-corrected chi connectivity index (χ4v) is 2.04. The maximum Gasteiger partial charge on any atom is 0.343 e. The molecule has 0 fully saturated rings. The summed E-state index contributed by atoms with van der Waals surface area (Å²) in [4.78, 5) is 34.3. The first-order valence-corrected chi connectivity index (χ1v) is 8.06. The number of rotatable bonds is 8. The summed E-state index contributed by atoms with van der Waals surface area (Å²) in [7, 11) is 0. The summed E-state index contributed by atoms with van der Waals surface area (Å²) in [5, 5.41) is 0. The largest absolute Gasteiger partial charge is 0.462 e. The van der Waals surface area contributed by atoms with Gasteiger partial charge in [0.05, 0.1) is 12.2 Å². The fraction of sp³-hybridized carbons (Fsp3) is 0.0952. The van der Waals surface area contributed by atoms with Crippen molar-refractivity contribution >= 4 is 17.9 Å². The maximum atomic E-state index is 12.2. The predicted molar refractivity (Wildman–Crippen MR) is 98.5 cm³/mol. The second-order valence-corrected chi connectivity index (χ2v) is 5.30. The van der Waals surface area contributed by atoms with Gasteiger partial charge in [0.15, 0.2) is 0 Å². The molecule has 0 bridgehead atoms. The first-order valence-electron chi connectivity index (χ1n) is 8.06. The van der Waals surface area contributed by atoms with Gasteiger partial charge in [-0.2, -0.15) is 0 Å². The average Bonchev–Trinajstić information content (AvgIpc) is 2.69. The summed E-state index contributed by atoms with van der Waals surface area (Å²) in [6, 6.07) is 12.8. The van der Waals surface area contributed by atoms with Crippen LogP contribution in [0.3, 0.4) is 0 Å². The van der Waals surface area contributed by atoms with E-state index in [1.165, 1.54) is 24.3 Å². The van der Waals surface area contributed by atoms with Gasteiger partial charge in [0.25, 0.3) is 0 Å². The van der Waals surface area contributed by atoms with Gasteiger partial charge in [-0.15, -0.1) is 0 Å². The maximum absolute atomic E-state index is 12.2. The van der Waals surface area contributed by atoms with Crippen LogP contribution in [0.1, 0.15) is 15.9 Å². The molecule has 0 saturated heterocycles. The van der Waals surface area contributed by atoms with Gasteiger partial charge < -0.3 is 14.2 Å². The Morgan fingerprint density at radius 1 is 0.778 bits per heavy atom. The van der Waals surface area contributed by atoms with Gasteiger partial charge in [-0.3, -0.25) is 0 Å². The molecule has 2 aromatic carbocycles. The molecule has 0 aliphatic rings. The van der Waals surface area contributed by atoms with Crippen molar-refractivity contribution in [1.82, 2.24) is 0 Å². The number of esters is 3. The van der Waals surface area contributed by atoms with E-state index in [9.17, 15) is 14.4 Å². The molecule has 0 aliphatic carbocycles. The summed E-state index contributed by atoms with van der Waals surface area (Å²) in [5.41, 5.74) is 1.29. The minimum Gasteiger partial charge on any atom is -0.462 e. The number of hydrogen-bond donors (Lipinski definition) is 0. The summed E-state index contributed by atoms with van der Waals surface area (Å²) in [6.45, 7) is 6.87. The lowest BCUT2D eigenvalue weighted by molar-refractivity contribution is -0.137. The van der Waals surface area contributed by atoms with Gasteiger partial charge in [0, 0.05) is 18.6 Å². The molecule has 6 nitrogen and oxygen atoms in total. The quantitative estimate of drug-likeness (QED) is 0.405. The third-order valence-electron chi connectivity index (χ3n) is 3.41. The van der Waals surface area contributed by atoms with Crippen LogP contribution < -0.4 is 9.47 Å². The van der Waals surface area contributed by atoms with Crippen LogP contribution in [0.4, 0.5) is 0 Å². The number of benzene rings is 2. The molecule has 0 heterocycles. The highest BCUT2D eigenvalue weighted by atomic mass is 16.5. The summed E-state index contributed by atoms with van der Waals surface area (Å²) in [6.07, 6.45) is 2.69. The monoisotopic (exact) mass is 366 g/mol. The van der Waals surface area contributed by atoms with E-state index in [0.717, 1.165) is 17.7 Å². The van der Waals surface area contributed by atoms with Crippen LogP contribution in [0.25, 0.3) is 0 Å². The van der Waals surface area contributed by atoms with E-state index < -0.39 is 17.9 Å². The molecule has 0 N–H and O–H groups in total. The first kappa shape index (κ1) is 19.7. The van der Waals surface area contributed by atoms with Gasteiger partial charge in [-0.05, 0) is 42.0 Å². The molecular weight excluding hydrogens is 348 g/mol. The second-order valence-electron chi connectivity index (χ2n) is 5.30. The molecule has 0 aromatic heterocycles. The number of ether oxygens (including phenoxy) is 3. The minimum atomic E-state index is -0.570. The van der Waals surface area contributed by atoms with Crippen molar-refractivity contribution in [3.63, 3.8) is 0 Å². The Kier molecular flexibility index (Phi) is 7.07. The second kappa shape index (κ2) is 9.72. The Morgan fingerprint density at radius 2 is 1.33 bits per heavy atom. The molecule has 6 heteroatoms. The van der Waals surface area contributed by atoms with Crippen LogP contribution in [0.5, 0.6) is 11.5 Å². The molecular formula is C21H18O6. The molecule has 27 heavy (non-hydrogen) atoms. The van der Waals surface area contributed by atoms with Crippen molar-refractivity contribution in [1.29, 1.82) is 0 Å². The highest BCUT2D eigenvalue weighted by Crippen LogP contribution is 2.19. The molecule has 0 spiro atoms. The van der Waals surface area contributed by atoms with Crippen molar-refractivity contribution in [3.8, 4) is 11.5 Å². The van der Waals surface area contributed by atoms with Gasteiger partial charge in [-0.25, -0.2) is 14.4 Å². The third-order valence-corrected chi connectivity index (χ3v) is 3.41. The van der Waals surface area contributed by atoms with Gasteiger partial charge in [-0.1, -0.05) is 25.3 Å². The van der Waals surface area contributed by atoms with E-state index >= 15 is 0 Å². The van der Waals surface area contributed by atoms with Gasteiger partial charge >= 0.3 is 17.9 Å². The summed E-state index contributed by atoms with van der Waals surface area (Å²) < 4.78 is 15.1. The summed E-state index contributed by atoms with van der Waals surface area (Å²) >= 11 is 0. The zero-order valence-corrected chi connectivity index (χ0v) is 14.6. The number of carbonyl (C=O) groups is 3. The van der Waals surface area contributed by atoms with E-state index in [1.807, 2.05) is 0 Å². The molecule has 0 unspecified atom stereocenters. The SMILES string of the molecule is C=CC(=O)OCCc1ccc(C(=O)Oc2ccc(OC(=O)C=C)cc2)cc1. The minimum absolute atomic E-state index is 0.234. The molecule has 0 atom stereocenters. The lowest BCUT2D eigenvalue weighted by Crippen LogP contribution is -2.09. The van der Waals surface area contributed by atoms with E-state index in [-0.39, 0.29) is 6.61 Å². The van der Waals surface area contributed by atoms with Crippen LogP contribution in [0, 0.1) is 0 Å². The molecule has 138 valence electrons. The van der Waals surface area contributed by atoms with Crippen LogP contribution in [-0.2, 0) is 20.7 Å². The van der Waals surface area contributed by atoms with E-state index in [1.54, 1.807) is 24.3 Å². The molecule has 0 amide bonds. The standard InChI is InChI=1S/C21H18O6/c1-3-19(22)25-14-13-15-5-7-16(8-6-15)21(24)27-18-11-9-17(10-12-18)26-20(23)4-2/h3-12H,1-2,13-14H2. The van der Waals surface area contributed by atoms with E-state index in [0.29, 0.717) is 23.5 Å². The van der Waals surface area contributed by atoms with Crippen molar-refractivity contribution in [2.75, 3.05) is 6.61 Å². The topological polar surface area (TPSA) is 78.9 Å². The van der Waals surface area contributed by atoms with Gasteiger partial charge in [0.1, 0.15) is 11.5 Å². The Morgan fingerprint density at radius 3 is 1.89 bits per heavy atom. The van der Waals surface area contributed by atoms with Crippen molar-refractivity contribution in [3.05, 3.63) is 85.0 Å². The van der Waals surface area contributed by atoms with Crippen LogP contribution in [-0.4, -0.2) is 24.5 Å². The molecule has 2 aromatic rings. The van der Waals surface area contributed by atoms with Crippen molar-refractivity contribution in [2.45, 2.75) is 6.42 Å². The highest BCUT2D eigenvalue weighted by molar-refractivity contribution is 5.91. The molecule has 0 aliphatic heterocycles. The zero-order valence-electron chi connectivity index (χ0n) is 14.6. The molecule has 0 radical (unpaired) electrons. The smallest absolute Gasteiger partial charge is 0.343 e. The highest BCUT2D eigenvalue weighted by Gasteiger charge is 2.09. The van der Waals surface area contributed by atoms with E-state index in [2.05, 4.69) is 13.2 Å². The first-order chi connectivity index (χ1) is 13.0. The average molecular weight is 366 g/mol. The van der Waals surface area contributed by atoms with Crippen molar-refractivity contribution in [2.24, 2.45) is 0 Å². The Labute approximate surface area is 156 Å².